The number of nitrogens with two attached hydrogens (primary N) is 2. The molecule has 2 heterocycles. The van der Waals surface area contributed by atoms with Gasteiger partial charge < -0.3 is 20.1 Å². The summed E-state index contributed by atoms with van der Waals surface area (Å²) in [5.41, 5.74) is 1.93. The number of benzene rings is 1. The van der Waals surface area contributed by atoms with Crippen LogP contribution in [0.15, 0.2) is 24.3 Å². The van der Waals surface area contributed by atoms with Gasteiger partial charge in [0.1, 0.15) is 6.79 Å². The lowest BCUT2D eigenvalue weighted by atomic mass is 9.92. The van der Waals surface area contributed by atoms with Gasteiger partial charge in [-0.2, -0.15) is 4.39 Å². The lowest BCUT2D eigenvalue weighted by Gasteiger charge is -2.22. The van der Waals surface area contributed by atoms with Gasteiger partial charge in [0.25, 0.3) is 0 Å². The van der Waals surface area contributed by atoms with E-state index < -0.39 is 5.95 Å². The van der Waals surface area contributed by atoms with Crippen LogP contribution >= 0.6 is 0 Å². The molecule has 1 fully saturated rings. The number of hydrogen-bond acceptors (Lipinski definition) is 7. The Morgan fingerprint density at radius 1 is 1.31 bits per heavy atom. The molecule has 2 aromatic rings. The number of nitrogens with zero attached hydrogens (tertiary/aromatic N) is 2. The van der Waals surface area contributed by atoms with Crippen molar-refractivity contribution in [1.82, 2.24) is 15.2 Å². The number of fused-ring (bicyclic) bond motifs is 1. The first-order valence-electron chi connectivity index (χ1n) is 10.4. The van der Waals surface area contributed by atoms with Crippen LogP contribution in [0.4, 0.5) is 4.39 Å². The average Bonchev–Trinajstić information content (AvgIpc) is 3.17. The number of pyridine rings is 1. The number of rotatable bonds is 3. The Balaban J connectivity index is 0.000000525. The van der Waals surface area contributed by atoms with E-state index in [4.69, 9.17) is 4.79 Å². The molecule has 1 aromatic heterocycles. The van der Waals surface area contributed by atoms with E-state index in [2.05, 4.69) is 42.8 Å². The number of carbonyl (C=O) groups excluding carboxylic acids is 2. The predicted octanol–water partition coefficient (Wildman–Crippen LogP) is 2.05. The van der Waals surface area contributed by atoms with Gasteiger partial charge in [-0.3, -0.25) is 16.5 Å². The number of carbonyl (C=O) groups is 2. The molecule has 9 heteroatoms. The summed E-state index contributed by atoms with van der Waals surface area (Å²) in [6, 6.07) is 7.49. The van der Waals surface area contributed by atoms with E-state index in [-0.39, 0.29) is 17.4 Å². The van der Waals surface area contributed by atoms with E-state index in [1.54, 1.807) is 4.90 Å². The molecule has 8 nitrogen and oxygen atoms in total. The first kappa shape index (κ1) is 29.5. The molecule has 1 aliphatic rings. The van der Waals surface area contributed by atoms with Crippen molar-refractivity contribution in [3.63, 3.8) is 0 Å². The molecule has 0 bridgehead atoms. The van der Waals surface area contributed by atoms with Crippen LogP contribution in [0.3, 0.4) is 0 Å². The fraction of sp³-hybridized carbons (Fsp3) is 0.522. The van der Waals surface area contributed by atoms with E-state index in [1.165, 1.54) is 6.07 Å². The van der Waals surface area contributed by atoms with Gasteiger partial charge >= 0.3 is 0 Å². The van der Waals surface area contributed by atoms with Gasteiger partial charge in [0.15, 0.2) is 0 Å². The monoisotopic (exact) mass is 451 g/mol. The SMILES string of the molecule is C=O.CC(C)(C)CC(=O)N1CCC(O)C1.CNCc1ccc2c(C)nc(F)cc2c1.NN. The number of aliphatic hydroxyl groups is 1. The van der Waals surface area contributed by atoms with Crippen molar-refractivity contribution in [3.05, 3.63) is 41.5 Å². The van der Waals surface area contributed by atoms with Gasteiger partial charge in [-0.15, -0.1) is 0 Å². The molecule has 0 spiro atoms. The summed E-state index contributed by atoms with van der Waals surface area (Å²) in [6.45, 7) is 12.0. The first-order valence-corrected chi connectivity index (χ1v) is 10.4. The van der Waals surface area contributed by atoms with Crippen molar-refractivity contribution >= 4 is 23.5 Å². The lowest BCUT2D eigenvalue weighted by molar-refractivity contribution is -0.132. The minimum absolute atomic E-state index is 0.0463. The summed E-state index contributed by atoms with van der Waals surface area (Å²) in [7, 11) is 1.89. The molecular formula is C23H38FN5O3. The van der Waals surface area contributed by atoms with Crippen molar-refractivity contribution in [3.8, 4) is 0 Å². The first-order chi connectivity index (χ1) is 15.1. The summed E-state index contributed by atoms with van der Waals surface area (Å²) in [4.78, 5) is 25.2. The number of likely N-dealkylation sites (tertiary alicyclic amines) is 1. The van der Waals surface area contributed by atoms with Crippen molar-refractivity contribution in [2.75, 3.05) is 20.1 Å². The summed E-state index contributed by atoms with van der Waals surface area (Å²) in [5, 5.41) is 14.2. The van der Waals surface area contributed by atoms with E-state index in [0.29, 0.717) is 13.0 Å². The predicted molar refractivity (Wildman–Crippen MR) is 126 cm³/mol. The van der Waals surface area contributed by atoms with E-state index in [0.717, 1.165) is 41.5 Å². The van der Waals surface area contributed by atoms with Crippen LogP contribution in [0, 0.1) is 18.3 Å². The third-order valence-corrected chi connectivity index (χ3v) is 4.63. The summed E-state index contributed by atoms with van der Waals surface area (Å²) >= 11 is 0. The molecule has 3 rings (SSSR count). The lowest BCUT2D eigenvalue weighted by Crippen LogP contribution is -2.32. The second-order valence-corrected chi connectivity index (χ2v) is 8.64. The highest BCUT2D eigenvalue weighted by Crippen LogP contribution is 2.22. The van der Waals surface area contributed by atoms with Crippen LogP contribution in [0.5, 0.6) is 0 Å². The zero-order valence-corrected chi connectivity index (χ0v) is 19.8. The van der Waals surface area contributed by atoms with Gasteiger partial charge in [-0.05, 0) is 42.8 Å². The van der Waals surface area contributed by atoms with Crippen LogP contribution in [0.25, 0.3) is 10.8 Å². The fourth-order valence-electron chi connectivity index (χ4n) is 3.29. The maximum Gasteiger partial charge on any atom is 0.223 e. The number of aromatic nitrogens is 1. The molecule has 0 saturated carbocycles. The third kappa shape index (κ3) is 10.2. The smallest absolute Gasteiger partial charge is 0.223 e. The fourth-order valence-corrected chi connectivity index (χ4v) is 3.29. The molecular weight excluding hydrogens is 413 g/mol. The molecule has 1 aliphatic heterocycles. The van der Waals surface area contributed by atoms with Crippen molar-refractivity contribution in [2.24, 2.45) is 17.1 Å². The molecule has 1 atom stereocenters. The number of amides is 1. The number of halogens is 1. The Morgan fingerprint density at radius 2 is 1.94 bits per heavy atom. The Kier molecular flexibility index (Phi) is 13.5. The molecule has 1 saturated heterocycles. The van der Waals surface area contributed by atoms with Crippen LogP contribution in [-0.2, 0) is 16.1 Å². The zero-order valence-electron chi connectivity index (χ0n) is 19.8. The maximum atomic E-state index is 13.1. The van der Waals surface area contributed by atoms with Gasteiger partial charge in [0.2, 0.25) is 11.9 Å². The largest absolute Gasteiger partial charge is 0.391 e. The van der Waals surface area contributed by atoms with Gasteiger partial charge in [0, 0.05) is 43.2 Å². The maximum absolute atomic E-state index is 13.1. The molecule has 180 valence electrons. The topological polar surface area (TPSA) is 135 Å². The van der Waals surface area contributed by atoms with Gasteiger partial charge in [-0.1, -0.05) is 32.9 Å². The summed E-state index contributed by atoms with van der Waals surface area (Å²) < 4.78 is 13.1. The number of β-amino-alcohol motifs (C(OH)–C–C–N with tert-alkyl or cyclic N) is 1. The number of hydrogen-bond donors (Lipinski definition) is 4. The highest BCUT2D eigenvalue weighted by molar-refractivity contribution is 5.84. The normalized spacial score (nSPS) is 15.0. The van der Waals surface area contributed by atoms with Crippen molar-refractivity contribution < 1.29 is 19.1 Å². The van der Waals surface area contributed by atoms with Crippen LogP contribution in [0.2, 0.25) is 0 Å². The molecule has 1 aromatic carbocycles. The Hall–Kier alpha value is -2.46. The van der Waals surface area contributed by atoms with E-state index in [9.17, 15) is 14.3 Å². The number of aliphatic hydroxyl groups excluding tert-OH is 1. The van der Waals surface area contributed by atoms with E-state index in [1.807, 2.05) is 39.0 Å². The zero-order chi connectivity index (χ0) is 24.9. The van der Waals surface area contributed by atoms with Crippen LogP contribution in [0.1, 0.15) is 44.9 Å². The number of hydrazine groups is 1. The Morgan fingerprint density at radius 3 is 2.44 bits per heavy atom. The molecule has 0 aliphatic carbocycles. The van der Waals surface area contributed by atoms with Gasteiger partial charge in [0.05, 0.1) is 6.10 Å². The highest BCUT2D eigenvalue weighted by atomic mass is 19.1. The highest BCUT2D eigenvalue weighted by Gasteiger charge is 2.27. The Labute approximate surface area is 190 Å². The van der Waals surface area contributed by atoms with Gasteiger partial charge in [-0.25, -0.2) is 4.98 Å². The standard InChI is InChI=1S/C12H13FN2.C10H19NO2.CH2O.H4N2/c1-8-11-4-3-9(7-14-2)5-10(11)6-12(13)15-8;1-10(2,3)6-9(13)11-5-4-8(12)7-11;2*1-2/h3-6,14H,7H2,1-2H3;8,12H,4-7H2,1-3H3;1H2;1-2H2. The van der Waals surface area contributed by atoms with Crippen LogP contribution in [-0.4, -0.2) is 53.9 Å². The molecule has 32 heavy (non-hydrogen) atoms. The van der Waals surface area contributed by atoms with Crippen molar-refractivity contribution in [2.45, 2.75) is 53.2 Å². The molecule has 0 radical (unpaired) electrons. The quantitative estimate of drug-likeness (QED) is 0.319. The second kappa shape index (κ2) is 14.6. The van der Waals surface area contributed by atoms with E-state index >= 15 is 0 Å². The van der Waals surface area contributed by atoms with Crippen molar-refractivity contribution in [1.29, 1.82) is 0 Å². The Bertz CT molecular complexity index is 842. The average molecular weight is 452 g/mol. The molecule has 6 N–H and O–H groups in total. The summed E-state index contributed by atoms with van der Waals surface area (Å²) in [6.07, 6.45) is 0.999. The minimum Gasteiger partial charge on any atom is -0.391 e. The number of nitrogens with one attached hydrogen (secondary N) is 1. The third-order valence-electron chi connectivity index (χ3n) is 4.63. The second-order valence-electron chi connectivity index (χ2n) is 8.64. The van der Waals surface area contributed by atoms with Crippen LogP contribution < -0.4 is 17.0 Å². The molecule has 1 amide bonds. The minimum atomic E-state index is -0.415. The summed E-state index contributed by atoms with van der Waals surface area (Å²) in [5.74, 6) is 7.76. The molecule has 1 unspecified atom stereocenters. The number of aryl methyl sites for hydroxylation is 1.